The van der Waals surface area contributed by atoms with Gasteiger partial charge >= 0.3 is 12.0 Å². The lowest BCUT2D eigenvalue weighted by Gasteiger charge is -2.32. The van der Waals surface area contributed by atoms with Gasteiger partial charge in [-0.15, -0.1) is 0 Å². The molecule has 0 aliphatic carbocycles. The molecule has 2 aliphatic heterocycles. The number of imide groups is 1. The maximum absolute atomic E-state index is 13.7. The van der Waals surface area contributed by atoms with E-state index in [1.165, 1.54) is 12.0 Å². The van der Waals surface area contributed by atoms with Crippen LogP contribution in [0.5, 0.6) is 5.75 Å². The fourth-order valence-corrected chi connectivity index (χ4v) is 4.36. The number of carbonyl (C=O) groups is 4. The summed E-state index contributed by atoms with van der Waals surface area (Å²) >= 11 is 3.38. The van der Waals surface area contributed by atoms with Crippen LogP contribution in [0.2, 0.25) is 0 Å². The number of esters is 1. The molecule has 184 valence electrons. The second-order valence-electron chi connectivity index (χ2n) is 9.57. The van der Waals surface area contributed by atoms with Crippen molar-refractivity contribution < 1.29 is 28.7 Å². The van der Waals surface area contributed by atoms with E-state index in [2.05, 4.69) is 21.2 Å². The number of benzene rings is 2. The third-order valence-electron chi connectivity index (χ3n) is 6.07. The van der Waals surface area contributed by atoms with Crippen LogP contribution in [0.25, 0.3) is 0 Å². The normalized spacial score (nSPS) is 19.6. The molecule has 0 spiro atoms. The number of hydrogen-bond acceptors (Lipinski definition) is 6. The Morgan fingerprint density at radius 3 is 2.43 bits per heavy atom. The monoisotopic (exact) mass is 543 g/mol. The molecule has 0 bridgehead atoms. The molecule has 35 heavy (non-hydrogen) atoms. The molecule has 0 saturated carbocycles. The van der Waals surface area contributed by atoms with Crippen molar-refractivity contribution in [3.05, 3.63) is 63.6 Å². The minimum Gasteiger partial charge on any atom is -0.497 e. The predicted molar refractivity (Wildman–Crippen MR) is 129 cm³/mol. The van der Waals surface area contributed by atoms with E-state index in [-0.39, 0.29) is 19.0 Å². The molecule has 4 amide bonds. The number of methoxy groups -OCH3 is 1. The Morgan fingerprint density at radius 1 is 1.11 bits per heavy atom. The summed E-state index contributed by atoms with van der Waals surface area (Å²) in [5.41, 5.74) is -0.549. The molecule has 0 radical (unpaired) electrons. The summed E-state index contributed by atoms with van der Waals surface area (Å²) in [5.74, 6) is -0.861. The zero-order valence-corrected chi connectivity index (χ0v) is 21.5. The predicted octanol–water partition coefficient (Wildman–Crippen LogP) is 3.41. The van der Waals surface area contributed by atoms with Crippen LogP contribution >= 0.6 is 15.9 Å². The van der Waals surface area contributed by atoms with Crippen molar-refractivity contribution in [1.29, 1.82) is 0 Å². The summed E-state index contributed by atoms with van der Waals surface area (Å²) in [7, 11) is 1.52. The van der Waals surface area contributed by atoms with Crippen molar-refractivity contribution in [2.75, 3.05) is 20.4 Å². The molecule has 1 fully saturated rings. The number of ether oxygens (including phenoxy) is 2. The van der Waals surface area contributed by atoms with Crippen LogP contribution in [0.4, 0.5) is 4.79 Å². The largest absolute Gasteiger partial charge is 0.497 e. The second-order valence-corrected chi connectivity index (χ2v) is 10.5. The average molecular weight is 544 g/mol. The Kier molecular flexibility index (Phi) is 6.35. The first-order valence-electron chi connectivity index (χ1n) is 11.0. The second kappa shape index (κ2) is 8.99. The lowest BCUT2D eigenvalue weighted by molar-refractivity contribution is -0.158. The maximum atomic E-state index is 13.7. The summed E-state index contributed by atoms with van der Waals surface area (Å²) in [4.78, 5) is 54.5. The van der Waals surface area contributed by atoms with Crippen LogP contribution in [-0.4, -0.2) is 54.0 Å². The molecule has 0 unspecified atom stereocenters. The van der Waals surface area contributed by atoms with Crippen molar-refractivity contribution in [2.24, 2.45) is 5.41 Å². The van der Waals surface area contributed by atoms with Gasteiger partial charge in [-0.1, -0.05) is 34.1 Å². The fourth-order valence-electron chi connectivity index (χ4n) is 4.09. The lowest BCUT2D eigenvalue weighted by Crippen LogP contribution is -2.53. The van der Waals surface area contributed by atoms with E-state index in [0.717, 1.165) is 14.9 Å². The molecule has 2 aliphatic rings. The van der Waals surface area contributed by atoms with Crippen molar-refractivity contribution in [1.82, 2.24) is 15.1 Å². The molecule has 10 heteroatoms. The number of rotatable bonds is 6. The molecule has 4 rings (SSSR count). The quantitative estimate of drug-likeness (QED) is 0.442. The van der Waals surface area contributed by atoms with E-state index in [1.54, 1.807) is 57.2 Å². The number of fused-ring (bicyclic) bond motifs is 1. The molecule has 2 aromatic rings. The lowest BCUT2D eigenvalue weighted by atomic mass is 9.89. The highest BCUT2D eigenvalue weighted by atomic mass is 79.9. The zero-order chi connectivity index (χ0) is 25.5. The fraction of sp³-hybridized carbons (Fsp3) is 0.360. The molecular weight excluding hydrogens is 518 g/mol. The molecular formula is C25H26BrN3O6. The van der Waals surface area contributed by atoms with Gasteiger partial charge in [0.1, 0.15) is 5.75 Å². The van der Waals surface area contributed by atoms with Crippen LogP contribution in [-0.2, 0) is 26.4 Å². The minimum absolute atomic E-state index is 0.0985. The molecule has 2 aromatic carbocycles. The van der Waals surface area contributed by atoms with Crippen molar-refractivity contribution in [3.63, 3.8) is 0 Å². The van der Waals surface area contributed by atoms with Gasteiger partial charge in [-0.05, 0) is 56.2 Å². The number of nitrogens with one attached hydrogen (secondary N) is 1. The van der Waals surface area contributed by atoms with Crippen LogP contribution < -0.4 is 10.1 Å². The van der Waals surface area contributed by atoms with Gasteiger partial charge in [0.15, 0.2) is 12.3 Å². The SMILES string of the molecule is COc1ccc2c(c1)C(=O)N(C[C@@]1(c3ccc(Br)cc3)NC(=O)N(COC(=O)C(C)(C)C)C1=O)C2. The van der Waals surface area contributed by atoms with E-state index in [0.29, 0.717) is 16.9 Å². The maximum Gasteiger partial charge on any atom is 0.328 e. The highest BCUT2D eigenvalue weighted by Gasteiger charge is 2.55. The number of hydrogen-bond donors (Lipinski definition) is 1. The van der Waals surface area contributed by atoms with Gasteiger partial charge in [-0.25, -0.2) is 9.69 Å². The molecule has 1 saturated heterocycles. The van der Waals surface area contributed by atoms with Gasteiger partial charge in [0.2, 0.25) is 0 Å². The molecule has 0 aromatic heterocycles. The van der Waals surface area contributed by atoms with Crippen molar-refractivity contribution in [2.45, 2.75) is 32.9 Å². The Labute approximate surface area is 211 Å². The molecule has 1 N–H and O–H groups in total. The third-order valence-corrected chi connectivity index (χ3v) is 6.60. The van der Waals surface area contributed by atoms with E-state index in [4.69, 9.17) is 9.47 Å². The van der Waals surface area contributed by atoms with Gasteiger partial charge in [0.25, 0.3) is 11.8 Å². The minimum atomic E-state index is -1.55. The van der Waals surface area contributed by atoms with E-state index >= 15 is 0 Å². The van der Waals surface area contributed by atoms with Gasteiger partial charge < -0.3 is 19.7 Å². The molecule has 9 nitrogen and oxygen atoms in total. The highest BCUT2D eigenvalue weighted by molar-refractivity contribution is 9.10. The van der Waals surface area contributed by atoms with Gasteiger partial charge in [-0.3, -0.25) is 14.4 Å². The first-order chi connectivity index (χ1) is 16.5. The highest BCUT2D eigenvalue weighted by Crippen LogP contribution is 2.35. The number of halogens is 1. The Morgan fingerprint density at radius 2 is 1.80 bits per heavy atom. The number of nitrogens with zero attached hydrogens (tertiary/aromatic N) is 2. The average Bonchev–Trinajstić information content (AvgIpc) is 3.24. The Hall–Kier alpha value is -3.40. The van der Waals surface area contributed by atoms with Crippen LogP contribution in [0, 0.1) is 5.41 Å². The Balaban J connectivity index is 1.66. The number of urea groups is 1. The summed E-state index contributed by atoms with van der Waals surface area (Å²) in [5, 5.41) is 2.77. The number of amides is 4. The van der Waals surface area contributed by atoms with Crippen molar-refractivity contribution in [3.8, 4) is 5.75 Å². The topological polar surface area (TPSA) is 105 Å². The third kappa shape index (κ3) is 4.50. The standard InChI is InChI=1S/C25H26BrN3O6/c1-24(2,3)22(32)35-14-29-21(31)25(27-23(29)33,16-6-8-17(26)9-7-16)13-28-12-15-5-10-18(34-4)11-19(15)20(28)30/h5-11H,12-14H2,1-4H3,(H,27,33)/t25-/m0/s1. The Bertz CT molecular complexity index is 1210. The summed E-state index contributed by atoms with van der Waals surface area (Å²) in [6, 6.07) is 11.5. The van der Waals surface area contributed by atoms with Crippen LogP contribution in [0.15, 0.2) is 46.9 Å². The smallest absolute Gasteiger partial charge is 0.328 e. The molecule has 1 atom stereocenters. The van der Waals surface area contributed by atoms with Gasteiger partial charge in [0, 0.05) is 16.6 Å². The van der Waals surface area contributed by atoms with Crippen molar-refractivity contribution >= 4 is 39.7 Å². The van der Waals surface area contributed by atoms with E-state index in [1.807, 2.05) is 6.07 Å². The summed E-state index contributed by atoms with van der Waals surface area (Å²) in [6.45, 7) is 4.69. The van der Waals surface area contributed by atoms with Crippen LogP contribution in [0.1, 0.15) is 42.3 Å². The summed E-state index contributed by atoms with van der Waals surface area (Å²) < 4.78 is 11.3. The first kappa shape index (κ1) is 24.7. The first-order valence-corrected chi connectivity index (χ1v) is 11.8. The van der Waals surface area contributed by atoms with Crippen LogP contribution in [0.3, 0.4) is 0 Å². The summed E-state index contributed by atoms with van der Waals surface area (Å²) in [6.07, 6.45) is 0. The molecule has 2 heterocycles. The van der Waals surface area contributed by atoms with Gasteiger partial charge in [-0.2, -0.15) is 0 Å². The van der Waals surface area contributed by atoms with Gasteiger partial charge in [0.05, 0.1) is 19.1 Å². The van der Waals surface area contributed by atoms with E-state index in [9.17, 15) is 19.2 Å². The number of carbonyl (C=O) groups excluding carboxylic acids is 4. The van der Waals surface area contributed by atoms with E-state index < -0.39 is 35.6 Å². The zero-order valence-electron chi connectivity index (χ0n) is 19.9.